The molecule has 3 heterocycles. The molecule has 158 valence electrons. The predicted molar refractivity (Wildman–Crippen MR) is 119 cm³/mol. The van der Waals surface area contributed by atoms with Crippen LogP contribution < -0.4 is 5.32 Å². The van der Waals surface area contributed by atoms with E-state index in [0.29, 0.717) is 25.1 Å². The van der Waals surface area contributed by atoms with E-state index in [4.69, 9.17) is 0 Å². The van der Waals surface area contributed by atoms with Gasteiger partial charge >= 0.3 is 0 Å². The molecule has 1 aromatic carbocycles. The van der Waals surface area contributed by atoms with E-state index in [1.165, 1.54) is 0 Å². The zero-order chi connectivity index (χ0) is 21.7. The lowest BCUT2D eigenvalue weighted by atomic mass is 9.74. The predicted octanol–water partition coefficient (Wildman–Crippen LogP) is 3.35. The van der Waals surface area contributed by atoms with Crippen molar-refractivity contribution in [2.24, 2.45) is 5.41 Å². The largest absolute Gasteiger partial charge is 0.359 e. The maximum atomic E-state index is 13.1. The van der Waals surface area contributed by atoms with Crippen molar-refractivity contribution >= 4 is 11.8 Å². The lowest BCUT2D eigenvalue weighted by molar-refractivity contribution is -0.133. The highest BCUT2D eigenvalue weighted by Gasteiger charge is 2.43. The van der Waals surface area contributed by atoms with Crippen LogP contribution in [-0.2, 0) is 11.2 Å². The van der Waals surface area contributed by atoms with Crippen molar-refractivity contribution in [1.82, 2.24) is 20.2 Å². The summed E-state index contributed by atoms with van der Waals surface area (Å²) in [5.74, 6) is -0.0999. The summed E-state index contributed by atoms with van der Waals surface area (Å²) in [6.45, 7) is 1.03. The molecule has 0 aliphatic carbocycles. The van der Waals surface area contributed by atoms with Crippen LogP contribution in [0.1, 0.15) is 28.8 Å². The molecule has 1 atom stereocenters. The molecule has 1 N–H and O–H groups in total. The van der Waals surface area contributed by atoms with E-state index in [0.717, 1.165) is 29.5 Å². The second-order valence-electron chi connectivity index (χ2n) is 8.04. The molecule has 2 amide bonds. The molecule has 3 aromatic rings. The molecule has 6 nitrogen and oxygen atoms in total. The van der Waals surface area contributed by atoms with Crippen molar-refractivity contribution in [1.29, 1.82) is 0 Å². The minimum absolute atomic E-state index is 0.0227. The molecule has 0 unspecified atom stereocenters. The number of piperidine rings is 1. The molecule has 2 aromatic heterocycles. The Balaban J connectivity index is 1.61. The summed E-state index contributed by atoms with van der Waals surface area (Å²) in [7, 11) is 1.67. The minimum Gasteiger partial charge on any atom is -0.359 e. The van der Waals surface area contributed by atoms with E-state index in [1.807, 2.05) is 18.2 Å². The highest BCUT2D eigenvalue weighted by molar-refractivity contribution is 5.94. The van der Waals surface area contributed by atoms with Crippen LogP contribution in [-0.4, -0.2) is 46.8 Å². The first-order valence-corrected chi connectivity index (χ1v) is 10.5. The van der Waals surface area contributed by atoms with Crippen LogP contribution in [0.25, 0.3) is 11.1 Å². The summed E-state index contributed by atoms with van der Waals surface area (Å²) >= 11 is 0. The molecule has 1 aliphatic heterocycles. The fourth-order valence-corrected chi connectivity index (χ4v) is 4.45. The average Bonchev–Trinajstić information content (AvgIpc) is 2.84. The molecule has 0 spiro atoms. The lowest BCUT2D eigenvalue weighted by Crippen LogP contribution is -2.54. The van der Waals surface area contributed by atoms with Gasteiger partial charge in [0, 0.05) is 44.9 Å². The number of pyridine rings is 2. The Morgan fingerprint density at radius 1 is 1.03 bits per heavy atom. The second-order valence-corrected chi connectivity index (χ2v) is 8.04. The average molecular weight is 415 g/mol. The number of nitrogens with zero attached hydrogens (tertiary/aromatic N) is 3. The third-order valence-corrected chi connectivity index (χ3v) is 5.96. The van der Waals surface area contributed by atoms with Crippen LogP contribution in [0.15, 0.2) is 73.3 Å². The van der Waals surface area contributed by atoms with Crippen molar-refractivity contribution in [3.05, 3.63) is 84.4 Å². The summed E-state index contributed by atoms with van der Waals surface area (Å²) in [6.07, 6.45) is 8.87. The number of carbonyl (C=O) groups is 2. The van der Waals surface area contributed by atoms with Crippen molar-refractivity contribution in [3.8, 4) is 11.1 Å². The first kappa shape index (κ1) is 20.7. The number of hydrogen-bond donors (Lipinski definition) is 1. The van der Waals surface area contributed by atoms with E-state index >= 15 is 0 Å². The van der Waals surface area contributed by atoms with Gasteiger partial charge in [-0.05, 0) is 60.2 Å². The molecule has 0 radical (unpaired) electrons. The summed E-state index contributed by atoms with van der Waals surface area (Å²) in [5, 5.41) is 2.84. The topological polar surface area (TPSA) is 75.2 Å². The molecule has 0 bridgehead atoms. The Morgan fingerprint density at radius 3 is 2.61 bits per heavy atom. The summed E-state index contributed by atoms with van der Waals surface area (Å²) in [6, 6.07) is 15.7. The van der Waals surface area contributed by atoms with E-state index < -0.39 is 5.41 Å². The van der Waals surface area contributed by atoms with Gasteiger partial charge < -0.3 is 10.2 Å². The lowest BCUT2D eigenvalue weighted by Gasteiger charge is -2.41. The van der Waals surface area contributed by atoms with Gasteiger partial charge in [-0.25, -0.2) is 0 Å². The minimum atomic E-state index is -0.665. The molecule has 4 rings (SSSR count). The molecule has 1 aliphatic rings. The fourth-order valence-electron chi connectivity index (χ4n) is 4.45. The molecule has 0 saturated carbocycles. The summed E-state index contributed by atoms with van der Waals surface area (Å²) < 4.78 is 0. The van der Waals surface area contributed by atoms with E-state index in [1.54, 1.807) is 48.9 Å². The van der Waals surface area contributed by atoms with E-state index in [-0.39, 0.29) is 11.8 Å². The smallest absolute Gasteiger partial charge is 0.255 e. The molecule has 1 saturated heterocycles. The van der Waals surface area contributed by atoms with Crippen LogP contribution >= 0.6 is 0 Å². The third kappa shape index (κ3) is 4.48. The molecular formula is C25H26N4O2. The number of benzene rings is 1. The van der Waals surface area contributed by atoms with Crippen LogP contribution in [0.5, 0.6) is 0 Å². The van der Waals surface area contributed by atoms with Crippen molar-refractivity contribution < 1.29 is 9.59 Å². The number of rotatable bonds is 5. The highest BCUT2D eigenvalue weighted by Crippen LogP contribution is 2.35. The third-order valence-electron chi connectivity index (χ3n) is 5.96. The summed E-state index contributed by atoms with van der Waals surface area (Å²) in [5.41, 5.74) is 3.14. The maximum absolute atomic E-state index is 13.1. The van der Waals surface area contributed by atoms with Gasteiger partial charge in [-0.15, -0.1) is 0 Å². The van der Waals surface area contributed by atoms with Crippen LogP contribution in [0, 0.1) is 5.41 Å². The molecule has 1 fully saturated rings. The van der Waals surface area contributed by atoms with E-state index in [9.17, 15) is 9.59 Å². The second kappa shape index (κ2) is 9.08. The number of likely N-dealkylation sites (tertiary alicyclic amines) is 1. The SMILES string of the molecule is CNC(=O)[C@]1(Cc2cccc(-c3ccncc3)c2)CCCN(C(=O)c2cccnc2)C1. The van der Waals surface area contributed by atoms with E-state index in [2.05, 4.69) is 33.5 Å². The number of hydrogen-bond acceptors (Lipinski definition) is 4. The Kier molecular flexibility index (Phi) is 6.07. The van der Waals surface area contributed by atoms with Gasteiger partial charge in [0.1, 0.15) is 0 Å². The van der Waals surface area contributed by atoms with Gasteiger partial charge in [0.25, 0.3) is 5.91 Å². The van der Waals surface area contributed by atoms with Crippen LogP contribution in [0.2, 0.25) is 0 Å². The van der Waals surface area contributed by atoms with Gasteiger partial charge in [-0.3, -0.25) is 19.6 Å². The van der Waals surface area contributed by atoms with Gasteiger partial charge in [0.2, 0.25) is 5.91 Å². The first-order valence-electron chi connectivity index (χ1n) is 10.5. The maximum Gasteiger partial charge on any atom is 0.255 e. The van der Waals surface area contributed by atoms with Crippen LogP contribution in [0.4, 0.5) is 0 Å². The monoisotopic (exact) mass is 414 g/mol. The highest BCUT2D eigenvalue weighted by atomic mass is 16.2. The number of aromatic nitrogens is 2. The Bertz CT molecular complexity index is 1060. The van der Waals surface area contributed by atoms with Gasteiger partial charge in [0.05, 0.1) is 11.0 Å². The Labute approximate surface area is 182 Å². The Hall–Kier alpha value is -3.54. The van der Waals surface area contributed by atoms with Gasteiger partial charge in [0.15, 0.2) is 0 Å². The Morgan fingerprint density at radius 2 is 1.87 bits per heavy atom. The molecular weight excluding hydrogens is 388 g/mol. The zero-order valence-corrected chi connectivity index (χ0v) is 17.6. The quantitative estimate of drug-likeness (QED) is 0.695. The normalized spacial score (nSPS) is 18.4. The van der Waals surface area contributed by atoms with Crippen molar-refractivity contribution in [3.63, 3.8) is 0 Å². The fraction of sp³-hybridized carbons (Fsp3) is 0.280. The van der Waals surface area contributed by atoms with Gasteiger partial charge in [-0.1, -0.05) is 24.3 Å². The molecule has 6 heteroatoms. The molecule has 31 heavy (non-hydrogen) atoms. The van der Waals surface area contributed by atoms with Gasteiger partial charge in [-0.2, -0.15) is 0 Å². The van der Waals surface area contributed by atoms with Crippen molar-refractivity contribution in [2.45, 2.75) is 19.3 Å². The zero-order valence-electron chi connectivity index (χ0n) is 17.6. The van der Waals surface area contributed by atoms with Crippen LogP contribution in [0.3, 0.4) is 0 Å². The van der Waals surface area contributed by atoms with Crippen molar-refractivity contribution in [2.75, 3.05) is 20.1 Å². The standard InChI is InChI=1S/C25H26N4O2/c1-26-24(31)25(10-4-14-29(18-25)23(30)22-7-3-11-28-17-22)16-19-5-2-6-21(15-19)20-8-12-27-13-9-20/h2-3,5-9,11-13,15,17H,4,10,14,16,18H2,1H3,(H,26,31)/t25-/m0/s1. The number of amides is 2. The summed E-state index contributed by atoms with van der Waals surface area (Å²) in [4.78, 5) is 36.1. The number of carbonyl (C=O) groups excluding carboxylic acids is 2. The number of nitrogens with one attached hydrogen (secondary N) is 1. The first-order chi connectivity index (χ1) is 15.1.